The molecule has 2 heterocycles. The molecule has 1 fully saturated rings. The lowest BCUT2D eigenvalue weighted by atomic mass is 9.99. The van der Waals surface area contributed by atoms with Crippen molar-refractivity contribution in [3.8, 4) is 5.75 Å². The fourth-order valence-electron chi connectivity index (χ4n) is 3.64. The Morgan fingerprint density at radius 1 is 1.26 bits per heavy atom. The molecule has 1 saturated heterocycles. The lowest BCUT2D eigenvalue weighted by molar-refractivity contribution is -0.140. The Bertz CT molecular complexity index is 1010. The zero-order chi connectivity index (χ0) is 22.7. The van der Waals surface area contributed by atoms with Crippen LogP contribution in [0.4, 0.5) is 0 Å². The summed E-state index contributed by atoms with van der Waals surface area (Å²) in [4.78, 5) is 29.3. The maximum atomic E-state index is 13.0. The monoisotopic (exact) mass is 446 g/mol. The van der Waals surface area contributed by atoms with Crippen LogP contribution in [0.1, 0.15) is 36.5 Å². The SMILES string of the molecule is CCOc1ccc(C(O)=C2C(=O)C(=O)N(CCCN(C)C)C2c2ccc(C)o2)cc1Cl. The molecular weight excluding hydrogens is 420 g/mol. The van der Waals surface area contributed by atoms with Gasteiger partial charge in [0.15, 0.2) is 0 Å². The van der Waals surface area contributed by atoms with E-state index in [0.29, 0.717) is 47.4 Å². The third-order valence-electron chi connectivity index (χ3n) is 5.08. The normalized spacial score (nSPS) is 18.3. The number of aliphatic hydroxyl groups excluding tert-OH is 1. The van der Waals surface area contributed by atoms with Crippen LogP contribution in [0.2, 0.25) is 5.02 Å². The van der Waals surface area contributed by atoms with Crippen LogP contribution in [0, 0.1) is 6.92 Å². The van der Waals surface area contributed by atoms with E-state index < -0.39 is 17.7 Å². The molecule has 0 aliphatic carbocycles. The van der Waals surface area contributed by atoms with Crippen LogP contribution in [0.3, 0.4) is 0 Å². The van der Waals surface area contributed by atoms with Gasteiger partial charge in [0.05, 0.1) is 17.2 Å². The molecule has 1 unspecified atom stereocenters. The van der Waals surface area contributed by atoms with Crippen LogP contribution >= 0.6 is 11.6 Å². The number of rotatable bonds is 8. The molecule has 8 heteroatoms. The summed E-state index contributed by atoms with van der Waals surface area (Å²) in [5.74, 6) is -0.138. The lowest BCUT2D eigenvalue weighted by Crippen LogP contribution is -2.32. The van der Waals surface area contributed by atoms with E-state index >= 15 is 0 Å². The average molecular weight is 447 g/mol. The number of amides is 1. The summed E-state index contributed by atoms with van der Waals surface area (Å²) in [7, 11) is 3.88. The number of ketones is 1. The van der Waals surface area contributed by atoms with Gasteiger partial charge in [-0.2, -0.15) is 0 Å². The number of carbonyl (C=O) groups excluding carboxylic acids is 2. The van der Waals surface area contributed by atoms with Gasteiger partial charge in [0.1, 0.15) is 29.1 Å². The van der Waals surface area contributed by atoms with Crippen LogP contribution < -0.4 is 4.74 Å². The van der Waals surface area contributed by atoms with E-state index in [1.54, 1.807) is 31.2 Å². The Balaban J connectivity index is 2.06. The molecule has 1 aliphatic rings. The smallest absolute Gasteiger partial charge is 0.295 e. The summed E-state index contributed by atoms with van der Waals surface area (Å²) in [6, 6.07) is 7.44. The van der Waals surface area contributed by atoms with Crippen molar-refractivity contribution < 1.29 is 23.8 Å². The zero-order valence-electron chi connectivity index (χ0n) is 18.1. The van der Waals surface area contributed by atoms with Gasteiger partial charge in [0.2, 0.25) is 0 Å². The predicted molar refractivity (Wildman–Crippen MR) is 118 cm³/mol. The lowest BCUT2D eigenvalue weighted by Gasteiger charge is -2.24. The van der Waals surface area contributed by atoms with Gasteiger partial charge in [0, 0.05) is 12.1 Å². The van der Waals surface area contributed by atoms with Gasteiger partial charge in [-0.25, -0.2) is 0 Å². The summed E-state index contributed by atoms with van der Waals surface area (Å²) >= 11 is 6.26. The van der Waals surface area contributed by atoms with E-state index in [9.17, 15) is 14.7 Å². The van der Waals surface area contributed by atoms with Gasteiger partial charge < -0.3 is 24.1 Å². The van der Waals surface area contributed by atoms with Crippen molar-refractivity contribution in [2.75, 3.05) is 33.8 Å². The number of benzene rings is 1. The molecule has 166 valence electrons. The number of hydrogen-bond acceptors (Lipinski definition) is 6. The van der Waals surface area contributed by atoms with Gasteiger partial charge in [-0.3, -0.25) is 9.59 Å². The minimum atomic E-state index is -0.804. The highest BCUT2D eigenvalue weighted by atomic mass is 35.5. The molecule has 1 N–H and O–H groups in total. The average Bonchev–Trinajstić information content (AvgIpc) is 3.25. The topological polar surface area (TPSA) is 83.2 Å². The number of carbonyl (C=O) groups is 2. The molecule has 1 amide bonds. The number of hydrogen-bond donors (Lipinski definition) is 1. The first-order valence-corrected chi connectivity index (χ1v) is 10.5. The van der Waals surface area contributed by atoms with Gasteiger partial charge in [0.25, 0.3) is 11.7 Å². The molecule has 0 bridgehead atoms. The van der Waals surface area contributed by atoms with E-state index in [1.807, 2.05) is 25.9 Å². The van der Waals surface area contributed by atoms with Crippen LogP contribution in [0.25, 0.3) is 5.76 Å². The van der Waals surface area contributed by atoms with Crippen molar-refractivity contribution in [1.82, 2.24) is 9.80 Å². The number of aliphatic hydroxyl groups is 1. The third-order valence-corrected chi connectivity index (χ3v) is 5.38. The minimum absolute atomic E-state index is 0.00979. The summed E-state index contributed by atoms with van der Waals surface area (Å²) in [5, 5.41) is 11.4. The van der Waals surface area contributed by atoms with E-state index in [0.717, 1.165) is 6.54 Å². The van der Waals surface area contributed by atoms with E-state index in [-0.39, 0.29) is 11.3 Å². The Hall–Kier alpha value is -2.77. The molecule has 1 aromatic heterocycles. The largest absolute Gasteiger partial charge is 0.507 e. The molecule has 0 saturated carbocycles. The standard InChI is InChI=1S/C23H27ClN2O5/c1-5-30-17-10-8-15(13-16(17)24)21(27)19-20(18-9-7-14(2)31-18)26(23(29)22(19)28)12-6-11-25(3)4/h7-10,13,20,27H,5-6,11-12H2,1-4H3. The molecule has 7 nitrogen and oxygen atoms in total. The highest BCUT2D eigenvalue weighted by Crippen LogP contribution is 2.40. The molecule has 1 atom stereocenters. The molecular formula is C23H27ClN2O5. The van der Waals surface area contributed by atoms with Gasteiger partial charge >= 0.3 is 0 Å². The number of halogens is 1. The second-order valence-electron chi connectivity index (χ2n) is 7.68. The quantitative estimate of drug-likeness (QED) is 0.374. The molecule has 0 spiro atoms. The Kier molecular flexibility index (Phi) is 7.08. The number of furan rings is 1. The van der Waals surface area contributed by atoms with Gasteiger partial charge in [-0.05, 0) is 71.2 Å². The van der Waals surface area contributed by atoms with Crippen molar-refractivity contribution in [3.05, 3.63) is 58.0 Å². The maximum absolute atomic E-state index is 13.0. The Morgan fingerprint density at radius 3 is 2.58 bits per heavy atom. The molecule has 2 aromatic rings. The Morgan fingerprint density at radius 2 is 2.00 bits per heavy atom. The van der Waals surface area contributed by atoms with Crippen molar-refractivity contribution >= 4 is 29.1 Å². The second-order valence-corrected chi connectivity index (χ2v) is 8.08. The first-order chi connectivity index (χ1) is 14.7. The van der Waals surface area contributed by atoms with Crippen LogP contribution in [0.5, 0.6) is 5.75 Å². The zero-order valence-corrected chi connectivity index (χ0v) is 18.9. The van der Waals surface area contributed by atoms with Gasteiger partial charge in [-0.1, -0.05) is 11.6 Å². The van der Waals surface area contributed by atoms with Crippen LogP contribution in [0.15, 0.2) is 40.3 Å². The number of nitrogens with zero attached hydrogens (tertiary/aromatic N) is 2. The first kappa shape index (κ1) is 22.9. The summed E-state index contributed by atoms with van der Waals surface area (Å²) in [6.45, 7) is 5.18. The summed E-state index contributed by atoms with van der Waals surface area (Å²) < 4.78 is 11.2. The highest BCUT2D eigenvalue weighted by Gasteiger charge is 2.47. The Labute approximate surface area is 186 Å². The van der Waals surface area contributed by atoms with Crippen molar-refractivity contribution in [2.24, 2.45) is 0 Å². The van der Waals surface area contributed by atoms with Crippen molar-refractivity contribution in [1.29, 1.82) is 0 Å². The van der Waals surface area contributed by atoms with E-state index in [1.165, 1.54) is 11.0 Å². The number of Topliss-reactive ketones (excluding diaryl/α,β-unsaturated/α-hetero) is 1. The third kappa shape index (κ3) is 4.78. The molecule has 0 radical (unpaired) electrons. The second kappa shape index (κ2) is 9.58. The fraction of sp³-hybridized carbons (Fsp3) is 0.391. The maximum Gasteiger partial charge on any atom is 0.295 e. The number of aryl methyl sites for hydroxylation is 1. The minimum Gasteiger partial charge on any atom is -0.507 e. The van der Waals surface area contributed by atoms with E-state index in [2.05, 4.69) is 0 Å². The fourth-order valence-corrected chi connectivity index (χ4v) is 3.88. The van der Waals surface area contributed by atoms with Crippen molar-refractivity contribution in [2.45, 2.75) is 26.3 Å². The van der Waals surface area contributed by atoms with Crippen LogP contribution in [-0.4, -0.2) is 60.4 Å². The van der Waals surface area contributed by atoms with Crippen LogP contribution in [-0.2, 0) is 9.59 Å². The summed E-state index contributed by atoms with van der Waals surface area (Å²) in [5.41, 5.74) is 0.317. The number of likely N-dealkylation sites (tertiary alicyclic amines) is 1. The molecule has 31 heavy (non-hydrogen) atoms. The molecule has 1 aromatic carbocycles. The first-order valence-electron chi connectivity index (χ1n) is 10.2. The highest BCUT2D eigenvalue weighted by molar-refractivity contribution is 6.46. The van der Waals surface area contributed by atoms with E-state index in [4.69, 9.17) is 20.8 Å². The molecule has 1 aliphatic heterocycles. The number of ether oxygens (including phenoxy) is 1. The van der Waals surface area contributed by atoms with Gasteiger partial charge in [-0.15, -0.1) is 0 Å². The molecule has 3 rings (SSSR count). The predicted octanol–water partition coefficient (Wildman–Crippen LogP) is 4.01. The summed E-state index contributed by atoms with van der Waals surface area (Å²) in [6.07, 6.45) is 0.672. The van der Waals surface area contributed by atoms with Crippen molar-refractivity contribution in [3.63, 3.8) is 0 Å².